The van der Waals surface area contributed by atoms with Crippen LogP contribution in [0, 0.1) is 0 Å². The quantitative estimate of drug-likeness (QED) is 0.440. The third kappa shape index (κ3) is 8.85. The molecule has 1 aromatic carbocycles. The largest absolute Gasteiger partial charge is 0.356 e. The molecule has 0 fully saturated rings. The molecule has 0 spiro atoms. The number of hydrogen-bond donors (Lipinski definition) is 3. The SMILES string of the molecule is CN=C(NCCC(=O)NCc1ccccc1)NCCN(C(C)C)C(C)C. The molecule has 0 aliphatic carbocycles. The molecular formula is C20H35N5O. The second kappa shape index (κ2) is 12.3. The Kier molecular flexibility index (Phi) is 10.4. The van der Waals surface area contributed by atoms with Gasteiger partial charge in [-0.05, 0) is 33.3 Å². The summed E-state index contributed by atoms with van der Waals surface area (Å²) in [6.07, 6.45) is 0.414. The molecule has 0 aromatic heterocycles. The van der Waals surface area contributed by atoms with E-state index in [9.17, 15) is 4.79 Å². The van der Waals surface area contributed by atoms with Crippen LogP contribution in [0.3, 0.4) is 0 Å². The average Bonchev–Trinajstić information content (AvgIpc) is 2.62. The first kappa shape index (κ1) is 22.0. The van der Waals surface area contributed by atoms with Gasteiger partial charge in [0.1, 0.15) is 0 Å². The lowest BCUT2D eigenvalue weighted by molar-refractivity contribution is -0.121. The summed E-state index contributed by atoms with van der Waals surface area (Å²) < 4.78 is 0. The van der Waals surface area contributed by atoms with E-state index in [1.54, 1.807) is 7.05 Å². The molecule has 0 bridgehead atoms. The van der Waals surface area contributed by atoms with Crippen molar-refractivity contribution < 1.29 is 4.79 Å². The number of guanidine groups is 1. The third-order valence-electron chi connectivity index (χ3n) is 4.19. The van der Waals surface area contributed by atoms with Gasteiger partial charge in [0.2, 0.25) is 5.91 Å². The molecule has 1 amide bonds. The molecule has 0 atom stereocenters. The summed E-state index contributed by atoms with van der Waals surface area (Å²) in [7, 11) is 1.74. The van der Waals surface area contributed by atoms with E-state index in [0.29, 0.717) is 31.6 Å². The highest BCUT2D eigenvalue weighted by atomic mass is 16.1. The van der Waals surface area contributed by atoms with E-state index >= 15 is 0 Å². The maximum Gasteiger partial charge on any atom is 0.222 e. The van der Waals surface area contributed by atoms with Crippen LogP contribution in [0.5, 0.6) is 0 Å². The molecule has 0 aliphatic rings. The summed E-state index contributed by atoms with van der Waals surface area (Å²) in [4.78, 5) is 18.6. The fourth-order valence-corrected chi connectivity index (χ4v) is 2.82. The normalized spacial score (nSPS) is 11.9. The number of benzene rings is 1. The van der Waals surface area contributed by atoms with Gasteiger partial charge in [-0.15, -0.1) is 0 Å². The highest BCUT2D eigenvalue weighted by molar-refractivity contribution is 5.81. The van der Waals surface area contributed by atoms with E-state index in [2.05, 4.69) is 53.5 Å². The van der Waals surface area contributed by atoms with Gasteiger partial charge in [0, 0.05) is 51.7 Å². The van der Waals surface area contributed by atoms with Gasteiger partial charge in [0.15, 0.2) is 5.96 Å². The van der Waals surface area contributed by atoms with E-state index in [-0.39, 0.29) is 5.91 Å². The van der Waals surface area contributed by atoms with Crippen molar-refractivity contribution in [2.45, 2.75) is 52.7 Å². The molecule has 3 N–H and O–H groups in total. The van der Waals surface area contributed by atoms with Gasteiger partial charge >= 0.3 is 0 Å². The Morgan fingerprint density at radius 2 is 1.62 bits per heavy atom. The van der Waals surface area contributed by atoms with Crippen LogP contribution in [-0.2, 0) is 11.3 Å². The zero-order valence-corrected chi connectivity index (χ0v) is 16.9. The van der Waals surface area contributed by atoms with Gasteiger partial charge < -0.3 is 16.0 Å². The van der Waals surface area contributed by atoms with Crippen molar-refractivity contribution in [1.82, 2.24) is 20.9 Å². The Morgan fingerprint density at radius 1 is 1.00 bits per heavy atom. The van der Waals surface area contributed by atoms with E-state index in [4.69, 9.17) is 0 Å². The lowest BCUT2D eigenvalue weighted by Crippen LogP contribution is -2.45. The lowest BCUT2D eigenvalue weighted by Gasteiger charge is -2.30. The van der Waals surface area contributed by atoms with Gasteiger partial charge in [0.25, 0.3) is 0 Å². The Hall–Kier alpha value is -2.08. The Balaban J connectivity index is 2.22. The van der Waals surface area contributed by atoms with E-state index in [1.807, 2.05) is 30.3 Å². The number of aliphatic imine (C=N–C) groups is 1. The summed E-state index contributed by atoms with van der Waals surface area (Å²) in [6.45, 7) is 11.7. The predicted octanol–water partition coefficient (Wildman–Crippen LogP) is 1.98. The average molecular weight is 362 g/mol. The van der Waals surface area contributed by atoms with Crippen molar-refractivity contribution in [1.29, 1.82) is 0 Å². The number of rotatable bonds is 10. The number of hydrogen-bond acceptors (Lipinski definition) is 3. The molecule has 6 heteroatoms. The number of carbonyl (C=O) groups excluding carboxylic acids is 1. The van der Waals surface area contributed by atoms with E-state index in [0.717, 1.165) is 24.6 Å². The van der Waals surface area contributed by atoms with Gasteiger partial charge in [-0.3, -0.25) is 14.7 Å². The van der Waals surface area contributed by atoms with Gasteiger partial charge in [0.05, 0.1) is 0 Å². The Labute approximate surface area is 158 Å². The Bertz CT molecular complexity index is 534. The lowest BCUT2D eigenvalue weighted by atomic mass is 10.2. The number of carbonyl (C=O) groups is 1. The van der Waals surface area contributed by atoms with Crippen molar-refractivity contribution in [2.24, 2.45) is 4.99 Å². The molecule has 0 saturated heterocycles. The zero-order valence-electron chi connectivity index (χ0n) is 16.9. The minimum Gasteiger partial charge on any atom is -0.356 e. The first-order chi connectivity index (χ1) is 12.4. The second-order valence-corrected chi connectivity index (χ2v) is 6.86. The fourth-order valence-electron chi connectivity index (χ4n) is 2.82. The monoisotopic (exact) mass is 361 g/mol. The molecule has 1 aromatic rings. The number of nitrogens with zero attached hydrogens (tertiary/aromatic N) is 2. The fraction of sp³-hybridized carbons (Fsp3) is 0.600. The third-order valence-corrected chi connectivity index (χ3v) is 4.19. The maximum absolute atomic E-state index is 11.9. The van der Waals surface area contributed by atoms with Gasteiger partial charge in [-0.2, -0.15) is 0 Å². The zero-order chi connectivity index (χ0) is 19.4. The minimum absolute atomic E-state index is 0.0302. The molecule has 0 aliphatic heterocycles. The van der Waals surface area contributed by atoms with Crippen molar-refractivity contribution >= 4 is 11.9 Å². The molecule has 26 heavy (non-hydrogen) atoms. The van der Waals surface area contributed by atoms with E-state index < -0.39 is 0 Å². The van der Waals surface area contributed by atoms with Crippen molar-refractivity contribution in [3.8, 4) is 0 Å². The first-order valence-corrected chi connectivity index (χ1v) is 9.45. The predicted molar refractivity (Wildman–Crippen MR) is 109 cm³/mol. The van der Waals surface area contributed by atoms with Crippen molar-refractivity contribution in [2.75, 3.05) is 26.7 Å². The first-order valence-electron chi connectivity index (χ1n) is 9.45. The molecule has 0 heterocycles. The molecule has 146 valence electrons. The molecule has 1 rings (SSSR count). The second-order valence-electron chi connectivity index (χ2n) is 6.86. The highest BCUT2D eigenvalue weighted by Gasteiger charge is 2.12. The van der Waals surface area contributed by atoms with Crippen LogP contribution in [0.15, 0.2) is 35.3 Å². The standard InChI is InChI=1S/C20H35N5O/c1-16(2)25(17(3)4)14-13-23-20(21-5)22-12-11-19(26)24-15-18-9-7-6-8-10-18/h6-10,16-17H,11-15H2,1-5H3,(H,24,26)(H2,21,22,23). The summed E-state index contributed by atoms with van der Waals surface area (Å²) in [5.41, 5.74) is 1.10. The topological polar surface area (TPSA) is 68.8 Å². The molecule has 0 unspecified atom stereocenters. The summed E-state index contributed by atoms with van der Waals surface area (Å²) >= 11 is 0. The van der Waals surface area contributed by atoms with Crippen LogP contribution in [0.2, 0.25) is 0 Å². The van der Waals surface area contributed by atoms with Crippen LogP contribution < -0.4 is 16.0 Å². The van der Waals surface area contributed by atoms with Crippen LogP contribution >= 0.6 is 0 Å². The van der Waals surface area contributed by atoms with Crippen molar-refractivity contribution in [3.63, 3.8) is 0 Å². The van der Waals surface area contributed by atoms with Gasteiger partial charge in [-0.1, -0.05) is 30.3 Å². The maximum atomic E-state index is 11.9. The minimum atomic E-state index is 0.0302. The molecular weight excluding hydrogens is 326 g/mol. The smallest absolute Gasteiger partial charge is 0.222 e. The molecule has 6 nitrogen and oxygen atoms in total. The summed E-state index contributed by atoms with van der Waals surface area (Å²) in [5.74, 6) is 0.760. The molecule has 0 radical (unpaired) electrons. The Morgan fingerprint density at radius 3 is 2.19 bits per heavy atom. The number of amides is 1. The van der Waals surface area contributed by atoms with Crippen LogP contribution in [-0.4, -0.2) is 55.5 Å². The number of nitrogens with one attached hydrogen (secondary N) is 3. The van der Waals surface area contributed by atoms with Crippen LogP contribution in [0.1, 0.15) is 39.7 Å². The van der Waals surface area contributed by atoms with Crippen LogP contribution in [0.4, 0.5) is 0 Å². The van der Waals surface area contributed by atoms with Crippen LogP contribution in [0.25, 0.3) is 0 Å². The van der Waals surface area contributed by atoms with Gasteiger partial charge in [-0.25, -0.2) is 0 Å². The van der Waals surface area contributed by atoms with Crippen molar-refractivity contribution in [3.05, 3.63) is 35.9 Å². The molecule has 0 saturated carbocycles. The highest BCUT2D eigenvalue weighted by Crippen LogP contribution is 2.03. The summed E-state index contributed by atoms with van der Waals surface area (Å²) in [6, 6.07) is 10.9. The van der Waals surface area contributed by atoms with E-state index in [1.165, 1.54) is 0 Å². The summed E-state index contributed by atoms with van der Waals surface area (Å²) in [5, 5.41) is 9.42.